The van der Waals surface area contributed by atoms with E-state index in [0.29, 0.717) is 11.1 Å². The van der Waals surface area contributed by atoms with Gasteiger partial charge in [-0.1, -0.05) is 37.6 Å². The number of hydrogen-bond donors (Lipinski definition) is 0. The van der Waals surface area contributed by atoms with Crippen LogP contribution in [0.5, 0.6) is 0 Å². The molecule has 2 aromatic carbocycles. The number of hydrogen-bond acceptors (Lipinski definition) is 8. The van der Waals surface area contributed by atoms with Crippen molar-refractivity contribution >= 4 is 10.8 Å². The van der Waals surface area contributed by atoms with Crippen LogP contribution in [0.4, 0.5) is 8.78 Å². The van der Waals surface area contributed by atoms with Gasteiger partial charge in [0.25, 0.3) is 0 Å². The van der Waals surface area contributed by atoms with E-state index in [1.165, 1.54) is 61.0 Å². The summed E-state index contributed by atoms with van der Waals surface area (Å²) in [7, 11) is 1.95. The first-order valence-electron chi connectivity index (χ1n) is 21.1. The highest BCUT2D eigenvalue weighted by atomic mass is 19.1. The van der Waals surface area contributed by atoms with Crippen molar-refractivity contribution in [1.29, 1.82) is 0 Å². The fraction of sp³-hybridized carbons (Fsp3) is 0.373. The van der Waals surface area contributed by atoms with Crippen molar-refractivity contribution in [2.75, 3.05) is 0 Å². The second kappa shape index (κ2) is 26.9. The number of aromatic nitrogens is 8. The number of unbranched alkanes of at least 4 members (excludes halogenated alkanes) is 1. The minimum absolute atomic E-state index is 0.348. The Morgan fingerprint density at radius 2 is 1.03 bits per heavy atom. The molecule has 6 aromatic heterocycles. The summed E-state index contributed by atoms with van der Waals surface area (Å²) in [4.78, 5) is 20.2. The first kappa shape index (κ1) is 52.8. The largest absolute Gasteiger partial charge is 0.467 e. The van der Waals surface area contributed by atoms with Gasteiger partial charge < -0.3 is 13.4 Å². The molecule has 10 nitrogen and oxygen atoms in total. The topological polar surface area (TPSA) is 113 Å². The molecule has 0 aliphatic heterocycles. The number of benzene rings is 2. The number of imidazole rings is 1. The Kier molecular flexibility index (Phi) is 22.6. The quantitative estimate of drug-likeness (QED) is 0.173. The van der Waals surface area contributed by atoms with E-state index >= 15 is 0 Å². The fourth-order valence-electron chi connectivity index (χ4n) is 5.63. The SMILES string of the molecule is CCCCn1c(C)cnc1C.Cc1cc(C)n(C)n1.Cc1cc(F)c(C)cc1F.Cc1ccc(C)o1.Cc1cnc(C)cn1.Cc1cnc(C)nc1.Cc1oc(C)c2ccccc12. The standard InChI is InChI=1S/C10H10O.C9H16N2.C8H8F2.C6H10N2.2C6H8N2.C6H8O/c1-7-9-5-3-4-6-10(9)8(2)11-7;1-4-5-6-11-8(2)7-10-9(11)3;1-5-3-8(10)6(2)4-7(5)9;1-5-4-6(2)8(3)7-5;1-5-3-8-6(2)4-7-5;1-5-3-7-6(2)8-4-5;1-5-3-4-6(2)7-5/h3-6H,1-2H3;7H,4-6H2,1-3H3;3-4H,1-2H3;4H,1-3H3;2*3-4H,1-2H3;3-4H,1-2H3. The first-order valence-corrected chi connectivity index (χ1v) is 21.1. The lowest BCUT2D eigenvalue weighted by molar-refractivity contribution is 0.504. The predicted octanol–water partition coefficient (Wildman–Crippen LogP) is 13.1. The van der Waals surface area contributed by atoms with Gasteiger partial charge in [-0.25, -0.2) is 23.7 Å². The zero-order valence-corrected chi connectivity index (χ0v) is 40.4. The van der Waals surface area contributed by atoms with Crippen molar-refractivity contribution in [3.8, 4) is 0 Å². The average Bonchev–Trinajstić information content (AvgIpc) is 3.97. The Balaban J connectivity index is 0.000000254. The molecule has 63 heavy (non-hydrogen) atoms. The molecule has 0 saturated heterocycles. The Labute approximate surface area is 373 Å². The fourth-order valence-corrected chi connectivity index (χ4v) is 5.63. The van der Waals surface area contributed by atoms with Gasteiger partial charge in [0.2, 0.25) is 0 Å². The number of furan rings is 2. The summed E-state index contributed by atoms with van der Waals surface area (Å²) in [6.07, 6.45) is 11.6. The molecular formula is C51H68F2N8O2. The van der Waals surface area contributed by atoms with Crippen LogP contribution in [0.15, 0.2) is 94.4 Å². The third-order valence-corrected chi connectivity index (χ3v) is 9.35. The summed E-state index contributed by atoms with van der Waals surface area (Å²) in [5, 5.41) is 6.58. The summed E-state index contributed by atoms with van der Waals surface area (Å²) in [5.41, 5.74) is 7.32. The first-order chi connectivity index (χ1) is 29.7. The molecule has 8 aromatic rings. The lowest BCUT2D eigenvalue weighted by Gasteiger charge is -2.05. The second-order valence-corrected chi connectivity index (χ2v) is 15.4. The monoisotopic (exact) mass is 863 g/mol. The van der Waals surface area contributed by atoms with E-state index in [2.05, 4.69) is 73.6 Å². The molecule has 0 unspecified atom stereocenters. The zero-order chi connectivity index (χ0) is 47.2. The molecule has 0 saturated carbocycles. The molecule has 6 heterocycles. The van der Waals surface area contributed by atoms with Crippen LogP contribution in [-0.2, 0) is 13.6 Å². The molecule has 338 valence electrons. The van der Waals surface area contributed by atoms with Gasteiger partial charge in [0.15, 0.2) is 0 Å². The maximum absolute atomic E-state index is 12.6. The highest BCUT2D eigenvalue weighted by Crippen LogP contribution is 2.24. The molecule has 0 aliphatic rings. The van der Waals surface area contributed by atoms with Crippen LogP contribution >= 0.6 is 0 Å². The molecule has 0 aliphatic carbocycles. The molecule has 0 N–H and O–H groups in total. The van der Waals surface area contributed by atoms with Crippen LogP contribution in [-0.4, -0.2) is 39.3 Å². The van der Waals surface area contributed by atoms with E-state index in [-0.39, 0.29) is 11.6 Å². The van der Waals surface area contributed by atoms with Crippen molar-refractivity contribution in [1.82, 2.24) is 39.3 Å². The Hall–Kier alpha value is -6.30. The van der Waals surface area contributed by atoms with Crippen LogP contribution in [0, 0.1) is 109 Å². The summed E-state index contributed by atoms with van der Waals surface area (Å²) in [5.74, 6) is 5.26. The van der Waals surface area contributed by atoms with Crippen LogP contribution in [0.2, 0.25) is 0 Å². The highest BCUT2D eigenvalue weighted by Gasteiger charge is 2.04. The smallest absolute Gasteiger partial charge is 0.126 e. The Morgan fingerprint density at radius 1 is 0.540 bits per heavy atom. The van der Waals surface area contributed by atoms with E-state index in [9.17, 15) is 8.78 Å². The van der Waals surface area contributed by atoms with E-state index in [1.54, 1.807) is 12.4 Å². The Morgan fingerprint density at radius 3 is 1.35 bits per heavy atom. The third-order valence-electron chi connectivity index (χ3n) is 9.35. The molecular weight excluding hydrogens is 795 g/mol. The number of aryl methyl sites for hydroxylation is 15. The van der Waals surface area contributed by atoms with Gasteiger partial charge in [-0.3, -0.25) is 14.6 Å². The minimum Gasteiger partial charge on any atom is -0.467 e. The highest BCUT2D eigenvalue weighted by molar-refractivity contribution is 5.86. The summed E-state index contributed by atoms with van der Waals surface area (Å²) in [6, 6.07) is 16.6. The van der Waals surface area contributed by atoms with Gasteiger partial charge >= 0.3 is 0 Å². The van der Waals surface area contributed by atoms with Gasteiger partial charge in [-0.15, -0.1) is 0 Å². The molecule has 0 spiro atoms. The predicted molar refractivity (Wildman–Crippen MR) is 252 cm³/mol. The number of rotatable bonds is 3. The van der Waals surface area contributed by atoms with Gasteiger partial charge in [-0.2, -0.15) is 5.10 Å². The van der Waals surface area contributed by atoms with Crippen molar-refractivity contribution in [3.05, 3.63) is 177 Å². The summed E-state index contributed by atoms with van der Waals surface area (Å²) >= 11 is 0. The maximum Gasteiger partial charge on any atom is 0.126 e. The molecule has 8 rings (SSSR count). The average molecular weight is 863 g/mol. The van der Waals surface area contributed by atoms with Crippen molar-refractivity contribution in [2.24, 2.45) is 7.05 Å². The van der Waals surface area contributed by atoms with Crippen molar-refractivity contribution in [3.63, 3.8) is 0 Å². The van der Waals surface area contributed by atoms with Crippen LogP contribution in [0.3, 0.4) is 0 Å². The lowest BCUT2D eigenvalue weighted by atomic mass is 10.1. The van der Waals surface area contributed by atoms with Gasteiger partial charge in [0.1, 0.15) is 46.3 Å². The third kappa shape index (κ3) is 19.5. The number of halogens is 2. The number of nitrogens with zero attached hydrogens (tertiary/aromatic N) is 8. The van der Waals surface area contributed by atoms with Gasteiger partial charge in [0.05, 0.1) is 17.1 Å². The van der Waals surface area contributed by atoms with Gasteiger partial charge in [0, 0.05) is 66.7 Å². The van der Waals surface area contributed by atoms with Gasteiger partial charge in [-0.05, 0) is 150 Å². The molecule has 0 amide bonds. The van der Waals surface area contributed by atoms with E-state index < -0.39 is 0 Å². The molecule has 0 radical (unpaired) electrons. The Bertz CT molecular complexity index is 2300. The normalized spacial score (nSPS) is 9.94. The minimum atomic E-state index is -0.348. The molecule has 0 bridgehead atoms. The maximum atomic E-state index is 12.6. The summed E-state index contributed by atoms with van der Waals surface area (Å²) < 4.78 is 39.9. The van der Waals surface area contributed by atoms with E-state index in [1.807, 2.05) is 124 Å². The number of fused-ring (bicyclic) bond motifs is 1. The molecule has 0 atom stereocenters. The van der Waals surface area contributed by atoms with E-state index in [4.69, 9.17) is 8.83 Å². The van der Waals surface area contributed by atoms with Crippen LogP contribution in [0.1, 0.15) is 99.6 Å². The molecule has 0 fully saturated rings. The second-order valence-electron chi connectivity index (χ2n) is 15.4. The molecule has 12 heteroatoms. The summed E-state index contributed by atoms with van der Waals surface area (Å²) in [6.45, 7) is 30.2. The van der Waals surface area contributed by atoms with Crippen LogP contribution in [0.25, 0.3) is 10.8 Å². The lowest BCUT2D eigenvalue weighted by Crippen LogP contribution is -2.01. The van der Waals surface area contributed by atoms with Crippen molar-refractivity contribution < 1.29 is 17.6 Å². The zero-order valence-electron chi connectivity index (χ0n) is 40.4. The van der Waals surface area contributed by atoms with E-state index in [0.717, 1.165) is 63.9 Å². The van der Waals surface area contributed by atoms with Crippen LogP contribution < -0.4 is 0 Å². The van der Waals surface area contributed by atoms with Crippen molar-refractivity contribution in [2.45, 2.75) is 123 Å².